The highest BCUT2D eigenvalue weighted by Gasteiger charge is 2.48. The molecule has 0 spiro atoms. The molecule has 1 heterocycles. The maximum atomic E-state index is 12.9. The zero-order valence-corrected chi connectivity index (χ0v) is 39.8. The lowest BCUT2D eigenvalue weighted by Gasteiger charge is -2.41. The molecule has 1 aliphatic rings. The summed E-state index contributed by atoms with van der Waals surface area (Å²) in [6.07, 6.45) is 34.2. The van der Waals surface area contributed by atoms with E-state index in [0.717, 1.165) is 38.5 Å². The lowest BCUT2D eigenvalue weighted by Crippen LogP contribution is -2.60. The molecule has 0 aliphatic carbocycles. The first-order valence-corrected chi connectivity index (χ1v) is 26.7. The van der Waals surface area contributed by atoms with Gasteiger partial charge in [0.25, 0.3) is 0 Å². The van der Waals surface area contributed by atoms with Crippen molar-refractivity contribution in [3.8, 4) is 0 Å². The number of aliphatic hydroxyl groups excluding tert-OH is 3. The molecule has 1 aliphatic heterocycles. The number of hydrogen-bond acceptors (Lipinski definition) is 11. The average Bonchev–Trinajstić information content (AvgIpc) is 3.23. The summed E-state index contributed by atoms with van der Waals surface area (Å²) in [5, 5.41) is 30.7. The molecule has 61 heavy (non-hydrogen) atoms. The quantitative estimate of drug-likeness (QED) is 0.0259. The molecule has 0 aromatic carbocycles. The molecule has 4 N–H and O–H groups in total. The third-order valence-electron chi connectivity index (χ3n) is 12.0. The lowest BCUT2D eigenvalue weighted by molar-refractivity contribution is -0.301. The second-order valence-corrected chi connectivity index (χ2v) is 18.8. The molecular formula is C48H94O12S. The number of unbranched alkanes of at least 4 members (excludes halogenated alkanes) is 32. The summed E-state index contributed by atoms with van der Waals surface area (Å²) in [5.41, 5.74) is 0. The lowest BCUT2D eigenvalue weighted by atomic mass is 9.99. The van der Waals surface area contributed by atoms with Crippen molar-refractivity contribution in [1.29, 1.82) is 0 Å². The average molecular weight is 895 g/mol. The van der Waals surface area contributed by atoms with E-state index in [4.69, 9.17) is 18.9 Å². The van der Waals surface area contributed by atoms with Crippen molar-refractivity contribution in [2.45, 2.75) is 275 Å². The highest BCUT2D eigenvalue weighted by atomic mass is 32.3. The molecule has 1 saturated heterocycles. The van der Waals surface area contributed by atoms with Gasteiger partial charge in [0.2, 0.25) is 0 Å². The molecule has 12 nitrogen and oxygen atoms in total. The van der Waals surface area contributed by atoms with Gasteiger partial charge in [0.05, 0.1) is 19.8 Å². The molecule has 0 amide bonds. The van der Waals surface area contributed by atoms with Gasteiger partial charge >= 0.3 is 16.4 Å². The maximum Gasteiger partial charge on any atom is 0.397 e. The third kappa shape index (κ3) is 34.2. The highest BCUT2D eigenvalue weighted by Crippen LogP contribution is 2.26. The van der Waals surface area contributed by atoms with E-state index in [9.17, 15) is 33.1 Å². The minimum atomic E-state index is -5.06. The van der Waals surface area contributed by atoms with Crippen molar-refractivity contribution in [1.82, 2.24) is 0 Å². The summed E-state index contributed by atoms with van der Waals surface area (Å²) in [6, 6.07) is 0. The maximum absolute atomic E-state index is 12.9. The summed E-state index contributed by atoms with van der Waals surface area (Å²) in [4.78, 5) is 12.9. The van der Waals surface area contributed by atoms with Crippen LogP contribution in [-0.4, -0.2) is 97.5 Å². The van der Waals surface area contributed by atoms with Crippen molar-refractivity contribution in [2.24, 2.45) is 0 Å². The van der Waals surface area contributed by atoms with E-state index in [2.05, 4.69) is 18.0 Å². The monoisotopic (exact) mass is 895 g/mol. The molecule has 1 fully saturated rings. The molecular weight excluding hydrogens is 801 g/mol. The van der Waals surface area contributed by atoms with Crippen molar-refractivity contribution in [2.75, 3.05) is 26.4 Å². The fourth-order valence-electron chi connectivity index (χ4n) is 8.15. The van der Waals surface area contributed by atoms with Crippen LogP contribution < -0.4 is 0 Å². The normalized spacial score (nSPS) is 20.0. The molecule has 6 atom stereocenters. The number of carbonyl (C=O) groups excluding carboxylic acids is 1. The van der Waals surface area contributed by atoms with Gasteiger partial charge in [0.1, 0.15) is 30.5 Å². The van der Waals surface area contributed by atoms with E-state index < -0.39 is 59.8 Å². The molecule has 1 rings (SSSR count). The fraction of sp³-hybridized carbons (Fsp3) is 0.979. The Balaban J connectivity index is 2.35. The predicted molar refractivity (Wildman–Crippen MR) is 244 cm³/mol. The summed E-state index contributed by atoms with van der Waals surface area (Å²) in [6.45, 7) is 4.05. The van der Waals surface area contributed by atoms with Crippen molar-refractivity contribution >= 4 is 16.4 Å². The Morgan fingerprint density at radius 3 is 1.31 bits per heavy atom. The Morgan fingerprint density at radius 2 is 0.934 bits per heavy atom. The Bertz CT molecular complexity index is 1080. The third-order valence-corrected chi connectivity index (χ3v) is 12.4. The van der Waals surface area contributed by atoms with Crippen LogP contribution in [0.3, 0.4) is 0 Å². The van der Waals surface area contributed by atoms with Gasteiger partial charge in [-0.05, 0) is 12.8 Å². The van der Waals surface area contributed by atoms with E-state index in [1.807, 2.05) is 0 Å². The summed E-state index contributed by atoms with van der Waals surface area (Å²) >= 11 is 0. The molecule has 13 heteroatoms. The van der Waals surface area contributed by atoms with Crippen LogP contribution in [0.5, 0.6) is 0 Å². The second-order valence-electron chi connectivity index (χ2n) is 17.8. The van der Waals surface area contributed by atoms with E-state index in [1.54, 1.807) is 0 Å². The zero-order valence-electron chi connectivity index (χ0n) is 39.0. The Labute approximate surface area is 373 Å². The highest BCUT2D eigenvalue weighted by molar-refractivity contribution is 7.80. The molecule has 6 unspecified atom stereocenters. The first-order valence-electron chi connectivity index (χ1n) is 25.3. The van der Waals surface area contributed by atoms with Gasteiger partial charge in [-0.15, -0.1) is 0 Å². The number of rotatable bonds is 45. The Morgan fingerprint density at radius 1 is 0.557 bits per heavy atom. The van der Waals surface area contributed by atoms with Crippen LogP contribution in [-0.2, 0) is 38.3 Å². The van der Waals surface area contributed by atoms with Gasteiger partial charge in [0, 0.05) is 13.0 Å². The van der Waals surface area contributed by atoms with Gasteiger partial charge in [-0.2, -0.15) is 8.42 Å². The fourth-order valence-corrected chi connectivity index (χ4v) is 8.65. The Hall–Kier alpha value is -0.900. The molecule has 0 bridgehead atoms. The zero-order chi connectivity index (χ0) is 44.7. The molecule has 0 aromatic rings. The van der Waals surface area contributed by atoms with Gasteiger partial charge in [-0.3, -0.25) is 9.35 Å². The smallest absolute Gasteiger partial charge is 0.397 e. The van der Waals surface area contributed by atoms with Gasteiger partial charge in [0.15, 0.2) is 6.29 Å². The number of esters is 1. The standard InChI is InChI=1S/C48H94O12S/c1-3-5-7-9-11-13-15-17-19-20-21-22-24-26-28-30-32-34-36-38-56-40-42(41-57-48-46(52)47(60-61(53,54)55)45(51)43(39-49)59-48)58-44(50)37-35-33-31-29-27-25-23-18-16-14-12-10-8-6-4-2/h42-43,45-49,51-52H,3-41H2,1-2H3,(H,53,54,55). The molecule has 364 valence electrons. The van der Waals surface area contributed by atoms with E-state index in [0.29, 0.717) is 13.0 Å². The van der Waals surface area contributed by atoms with Crippen LogP contribution in [0.2, 0.25) is 0 Å². The van der Waals surface area contributed by atoms with E-state index in [1.165, 1.54) is 173 Å². The van der Waals surface area contributed by atoms with Crippen LogP contribution >= 0.6 is 0 Å². The Kier molecular flexibility index (Phi) is 38.7. The first-order chi connectivity index (χ1) is 29.6. The summed E-state index contributed by atoms with van der Waals surface area (Å²) in [7, 11) is -5.06. The van der Waals surface area contributed by atoms with Crippen LogP contribution in [0.15, 0.2) is 0 Å². The first kappa shape index (κ1) is 58.1. The number of hydrogen-bond donors (Lipinski definition) is 4. The van der Waals surface area contributed by atoms with Gasteiger partial charge in [-0.1, -0.05) is 219 Å². The van der Waals surface area contributed by atoms with Crippen LogP contribution in [0.4, 0.5) is 0 Å². The number of ether oxygens (including phenoxy) is 4. The molecule has 0 saturated carbocycles. The van der Waals surface area contributed by atoms with Crippen LogP contribution in [0, 0.1) is 0 Å². The predicted octanol–water partition coefficient (Wildman–Crippen LogP) is 11.3. The van der Waals surface area contributed by atoms with Crippen molar-refractivity contribution in [3.05, 3.63) is 0 Å². The minimum Gasteiger partial charge on any atom is -0.457 e. The summed E-state index contributed by atoms with van der Waals surface area (Å²) in [5.74, 6) is -0.392. The minimum absolute atomic E-state index is 0.0451. The largest absolute Gasteiger partial charge is 0.457 e. The number of aliphatic hydroxyl groups is 3. The SMILES string of the molecule is CCCCCCCCCCCCCCCCCCCCCOCC(COC1OC(CO)C(O)C(OS(=O)(=O)O)C1O)OC(=O)CCCCCCCCCCCCCCCCC. The van der Waals surface area contributed by atoms with Gasteiger partial charge < -0.3 is 34.3 Å². The van der Waals surface area contributed by atoms with Crippen molar-refractivity contribution < 1.29 is 56.2 Å². The second kappa shape index (κ2) is 40.6. The van der Waals surface area contributed by atoms with Crippen molar-refractivity contribution in [3.63, 3.8) is 0 Å². The van der Waals surface area contributed by atoms with E-state index >= 15 is 0 Å². The number of carbonyl (C=O) groups is 1. The topological polar surface area (TPSA) is 178 Å². The van der Waals surface area contributed by atoms with Gasteiger partial charge in [-0.25, -0.2) is 4.18 Å². The molecule has 0 aromatic heterocycles. The van der Waals surface area contributed by atoms with Crippen LogP contribution in [0.1, 0.15) is 239 Å². The van der Waals surface area contributed by atoms with E-state index in [-0.39, 0.29) is 19.6 Å². The molecule has 0 radical (unpaired) electrons. The van der Waals surface area contributed by atoms with Crippen LogP contribution in [0.25, 0.3) is 0 Å². The summed E-state index contributed by atoms with van der Waals surface area (Å²) < 4.78 is 59.2.